The molecule has 0 aliphatic rings. The van der Waals surface area contributed by atoms with Gasteiger partial charge < -0.3 is 14.6 Å². The van der Waals surface area contributed by atoms with Gasteiger partial charge in [-0.25, -0.2) is 0 Å². The molecule has 0 aliphatic carbocycles. The Labute approximate surface area is 546 Å². The summed E-state index contributed by atoms with van der Waals surface area (Å²) in [6.45, 7) is 3.95. The quantitative estimate of drug-likeness (QED) is 0.0373. The molecule has 1 unspecified atom stereocenters. The molecular weight excluding hydrogens is 1080 g/mol. The van der Waals surface area contributed by atoms with Crippen molar-refractivity contribution in [2.45, 2.75) is 367 Å². The minimum Gasteiger partial charge on any atom is -0.462 e. The fourth-order valence-electron chi connectivity index (χ4n) is 10.9. The van der Waals surface area contributed by atoms with Gasteiger partial charge >= 0.3 is 11.9 Å². The average molecular weight is 1220 g/mol. The first kappa shape index (κ1) is 84.0. The molecule has 0 amide bonds. The second kappa shape index (κ2) is 77.3. The average Bonchev–Trinajstić information content (AvgIpc) is 3.55. The minimum atomic E-state index is -0.778. The Morgan fingerprint density at radius 2 is 0.455 bits per heavy atom. The van der Waals surface area contributed by atoms with Crippen LogP contribution < -0.4 is 0 Å². The zero-order valence-corrected chi connectivity index (χ0v) is 58.0. The van der Waals surface area contributed by atoms with Crippen LogP contribution in [0.4, 0.5) is 0 Å². The monoisotopic (exact) mass is 1220 g/mol. The van der Waals surface area contributed by atoms with Crippen LogP contribution in [0.2, 0.25) is 0 Å². The third kappa shape index (κ3) is 74.5. The zero-order chi connectivity index (χ0) is 63.3. The first-order chi connectivity index (χ1) is 43.6. The molecule has 0 radical (unpaired) electrons. The van der Waals surface area contributed by atoms with Crippen molar-refractivity contribution in [3.05, 3.63) is 134 Å². The number of hydrogen-bond acceptors (Lipinski definition) is 5. The molecule has 0 rings (SSSR count). The van der Waals surface area contributed by atoms with Gasteiger partial charge in [0.1, 0.15) is 6.61 Å². The van der Waals surface area contributed by atoms with Gasteiger partial charge in [-0.3, -0.25) is 9.59 Å². The Bertz CT molecular complexity index is 1770. The highest BCUT2D eigenvalue weighted by molar-refractivity contribution is 5.70. The number of carbonyl (C=O) groups is 2. The van der Waals surface area contributed by atoms with Crippen molar-refractivity contribution in [3.8, 4) is 0 Å². The molecule has 0 fully saturated rings. The summed E-state index contributed by atoms with van der Waals surface area (Å²) in [6, 6.07) is 0. The topological polar surface area (TPSA) is 72.8 Å². The van der Waals surface area contributed by atoms with E-state index in [1.54, 1.807) is 0 Å². The molecular formula is C83H142O5. The van der Waals surface area contributed by atoms with Crippen molar-refractivity contribution < 1.29 is 24.2 Å². The van der Waals surface area contributed by atoms with Crippen molar-refractivity contribution in [3.63, 3.8) is 0 Å². The summed E-state index contributed by atoms with van der Waals surface area (Å²) in [5, 5.41) is 9.72. The summed E-state index contributed by atoms with van der Waals surface area (Å²) in [6.07, 6.45) is 115. The van der Waals surface area contributed by atoms with Gasteiger partial charge in [0.25, 0.3) is 0 Å². The van der Waals surface area contributed by atoms with Crippen molar-refractivity contribution in [2.24, 2.45) is 0 Å². The molecule has 0 spiro atoms. The third-order valence-corrected chi connectivity index (χ3v) is 16.4. The van der Waals surface area contributed by atoms with Gasteiger partial charge in [0, 0.05) is 12.8 Å². The van der Waals surface area contributed by atoms with Gasteiger partial charge in [-0.2, -0.15) is 0 Å². The summed E-state index contributed by atoms with van der Waals surface area (Å²) in [4.78, 5) is 24.7. The Kier molecular flexibility index (Phi) is 73.8. The highest BCUT2D eigenvalue weighted by atomic mass is 16.6. The van der Waals surface area contributed by atoms with Crippen LogP contribution in [0, 0.1) is 0 Å². The zero-order valence-electron chi connectivity index (χ0n) is 58.0. The number of esters is 2. The molecule has 0 saturated heterocycles. The largest absolute Gasteiger partial charge is 0.462 e. The Morgan fingerprint density at radius 3 is 0.682 bits per heavy atom. The fourth-order valence-corrected chi connectivity index (χ4v) is 10.9. The van der Waals surface area contributed by atoms with Crippen molar-refractivity contribution in [1.29, 1.82) is 0 Å². The van der Waals surface area contributed by atoms with Crippen LogP contribution in [-0.2, 0) is 19.1 Å². The molecule has 0 bridgehead atoms. The van der Waals surface area contributed by atoms with Gasteiger partial charge in [0.05, 0.1) is 6.61 Å². The lowest BCUT2D eigenvalue weighted by atomic mass is 10.0. The van der Waals surface area contributed by atoms with E-state index in [-0.39, 0.29) is 25.2 Å². The maximum Gasteiger partial charge on any atom is 0.306 e. The lowest BCUT2D eigenvalue weighted by Gasteiger charge is -2.15. The number of hydrogen-bond donors (Lipinski definition) is 1. The van der Waals surface area contributed by atoms with Gasteiger partial charge in [-0.15, -0.1) is 0 Å². The normalized spacial score (nSPS) is 13.0. The molecule has 504 valence electrons. The fraction of sp³-hybridized carbons (Fsp3) is 0.711. The van der Waals surface area contributed by atoms with Crippen LogP contribution in [0.15, 0.2) is 134 Å². The predicted octanol–water partition coefficient (Wildman–Crippen LogP) is 26.7. The van der Waals surface area contributed by atoms with E-state index >= 15 is 0 Å². The van der Waals surface area contributed by atoms with Crippen LogP contribution >= 0.6 is 0 Å². The van der Waals surface area contributed by atoms with E-state index in [4.69, 9.17) is 9.47 Å². The van der Waals surface area contributed by atoms with E-state index in [0.29, 0.717) is 12.8 Å². The minimum absolute atomic E-state index is 0.0663. The first-order valence-corrected chi connectivity index (χ1v) is 37.7. The summed E-state index contributed by atoms with van der Waals surface area (Å²) in [7, 11) is 0. The lowest BCUT2D eigenvalue weighted by molar-refractivity contribution is -0.161. The molecule has 0 aromatic carbocycles. The Hall–Kier alpha value is -3.96. The van der Waals surface area contributed by atoms with Crippen molar-refractivity contribution >= 4 is 11.9 Å². The van der Waals surface area contributed by atoms with E-state index in [9.17, 15) is 14.7 Å². The highest BCUT2D eigenvalue weighted by Gasteiger charge is 2.16. The second-order valence-electron chi connectivity index (χ2n) is 25.0. The summed E-state index contributed by atoms with van der Waals surface area (Å²) >= 11 is 0. The van der Waals surface area contributed by atoms with E-state index in [1.165, 1.54) is 225 Å². The summed E-state index contributed by atoms with van der Waals surface area (Å²) < 4.78 is 10.8. The number of allylic oxidation sites excluding steroid dienone is 22. The first-order valence-electron chi connectivity index (χ1n) is 37.7. The number of carbonyl (C=O) groups excluding carboxylic acids is 2. The van der Waals surface area contributed by atoms with Gasteiger partial charge in [0.15, 0.2) is 6.10 Å². The van der Waals surface area contributed by atoms with E-state index in [1.807, 2.05) is 0 Å². The molecule has 88 heavy (non-hydrogen) atoms. The lowest BCUT2D eigenvalue weighted by Crippen LogP contribution is -2.28. The maximum absolute atomic E-state index is 12.4. The van der Waals surface area contributed by atoms with E-state index in [2.05, 4.69) is 148 Å². The smallest absolute Gasteiger partial charge is 0.306 e. The van der Waals surface area contributed by atoms with Gasteiger partial charge in [-0.05, 0) is 109 Å². The molecule has 0 heterocycles. The van der Waals surface area contributed by atoms with Crippen LogP contribution in [0.25, 0.3) is 0 Å². The van der Waals surface area contributed by atoms with Crippen LogP contribution in [-0.4, -0.2) is 36.4 Å². The number of rotatable bonds is 69. The second-order valence-corrected chi connectivity index (χ2v) is 25.0. The number of aliphatic hydroxyl groups is 1. The van der Waals surface area contributed by atoms with Gasteiger partial charge in [-0.1, -0.05) is 372 Å². The van der Waals surface area contributed by atoms with Gasteiger partial charge in [0.2, 0.25) is 0 Å². The molecule has 1 atom stereocenters. The maximum atomic E-state index is 12.4. The molecule has 1 N–H and O–H groups in total. The molecule has 5 heteroatoms. The SMILES string of the molecule is CC/C=C\C/C=C\C/C=C\C/C=C\C/C=C\C/C=C\C/C=C\CCCCCCCCCCCCCCCCCC(=O)OC(CO)COC(=O)CCCCCCCCCCCCCCCCCCCCCCCCCC/C=C\C/C=C\C/C=C\C/C=C\CC. The summed E-state index contributed by atoms with van der Waals surface area (Å²) in [5.74, 6) is -0.578. The molecule has 0 saturated carbocycles. The van der Waals surface area contributed by atoms with Crippen LogP contribution in [0.3, 0.4) is 0 Å². The molecule has 0 aromatic rings. The number of ether oxygens (including phenoxy) is 2. The van der Waals surface area contributed by atoms with Crippen molar-refractivity contribution in [2.75, 3.05) is 13.2 Å². The standard InChI is InChI=1S/C83H142O5/c1-3-5-7-9-11-13-15-17-19-21-23-25-27-29-31-33-35-37-39-41-43-45-47-49-51-53-55-57-59-61-63-65-67-69-71-73-75-77-82(85)87-80-81(79-84)88-83(86)78-76-74-72-70-68-66-64-62-60-58-56-54-52-50-48-46-44-42-40-38-36-34-32-30-28-26-24-22-20-18-16-14-12-10-8-6-4-2/h5-8,11-14,17-20,23-26,30,32,36,38,42,44,81,84H,3-4,9-10,15-16,21-22,27-29,31,33-35,37,39-41,43,45-80H2,1-2H3/b7-5-,8-6-,13-11-,14-12-,19-17-,20-18-,25-23-,26-24-,32-30-,38-36-,44-42-. The van der Waals surface area contributed by atoms with E-state index in [0.717, 1.165) is 109 Å². The summed E-state index contributed by atoms with van der Waals surface area (Å²) in [5.41, 5.74) is 0. The highest BCUT2D eigenvalue weighted by Crippen LogP contribution is 2.18. The van der Waals surface area contributed by atoms with Crippen molar-refractivity contribution in [1.82, 2.24) is 0 Å². The molecule has 0 aliphatic heterocycles. The Morgan fingerprint density at radius 1 is 0.261 bits per heavy atom. The van der Waals surface area contributed by atoms with E-state index < -0.39 is 6.10 Å². The predicted molar refractivity (Wildman–Crippen MR) is 389 cm³/mol. The third-order valence-electron chi connectivity index (χ3n) is 16.4. The van der Waals surface area contributed by atoms with Crippen LogP contribution in [0.5, 0.6) is 0 Å². The number of aliphatic hydroxyl groups excluding tert-OH is 1. The molecule has 0 aromatic heterocycles. The molecule has 5 nitrogen and oxygen atoms in total. The number of unbranched alkanes of at least 4 members (excludes halogenated alkanes) is 39. The van der Waals surface area contributed by atoms with Crippen LogP contribution in [0.1, 0.15) is 361 Å². The Balaban J connectivity index is 3.44.